The van der Waals surface area contributed by atoms with Gasteiger partial charge in [0.15, 0.2) is 0 Å². The van der Waals surface area contributed by atoms with Gasteiger partial charge in [0.1, 0.15) is 0 Å². The highest BCUT2D eigenvalue weighted by molar-refractivity contribution is 6.23. The standard InChI is InChI=1S/C72H84N2/c1-45(2)53-11-21-59(22-12-53)73(61-25-15-55(16-26-61)69(5,6)7)67-63-29-19-57(71-39-47-31-48(40-71)33-49(32-47)41-71)37-65(63)68(66-38-58(20-30-64(66)67)72-42-50-34-51(43-72)36-52(35-50)44-72)74(60-23-13-54(14-24-60)46(3)4)62-27-17-56(18-28-62)70(8,9)10/h11-30,37-38,45-52H,31-36,39-44H2,1-10H3. The second kappa shape index (κ2) is 17.6. The van der Waals surface area contributed by atoms with E-state index in [1.807, 2.05) is 0 Å². The molecular formula is C72H84N2. The zero-order chi connectivity index (χ0) is 51.1. The van der Waals surface area contributed by atoms with Crippen LogP contribution >= 0.6 is 0 Å². The van der Waals surface area contributed by atoms with Crippen LogP contribution in [0.25, 0.3) is 21.5 Å². The zero-order valence-corrected chi connectivity index (χ0v) is 46.7. The lowest BCUT2D eigenvalue weighted by molar-refractivity contribution is -0.00523. The molecule has 0 atom stereocenters. The van der Waals surface area contributed by atoms with E-state index < -0.39 is 0 Å². The van der Waals surface area contributed by atoms with Gasteiger partial charge in [0.2, 0.25) is 0 Å². The summed E-state index contributed by atoms with van der Waals surface area (Å²) in [6, 6.07) is 54.6. The normalized spacial score (nSPS) is 27.0. The van der Waals surface area contributed by atoms with Crippen molar-refractivity contribution in [3.05, 3.63) is 167 Å². The van der Waals surface area contributed by atoms with Gasteiger partial charge < -0.3 is 9.80 Å². The van der Waals surface area contributed by atoms with Crippen molar-refractivity contribution in [2.75, 3.05) is 9.80 Å². The third-order valence-corrected chi connectivity index (χ3v) is 20.4. The van der Waals surface area contributed by atoms with Crippen LogP contribution in [0.4, 0.5) is 34.1 Å². The smallest absolute Gasteiger partial charge is 0.0620 e. The maximum Gasteiger partial charge on any atom is 0.0620 e. The molecule has 0 amide bonds. The van der Waals surface area contributed by atoms with Crippen molar-refractivity contribution in [3.63, 3.8) is 0 Å². The minimum Gasteiger partial charge on any atom is -0.309 e. The molecule has 0 unspecified atom stereocenters. The molecule has 8 fully saturated rings. The maximum absolute atomic E-state index is 2.78. The Morgan fingerprint density at radius 3 is 0.892 bits per heavy atom. The Hall–Kier alpha value is -5.34. The van der Waals surface area contributed by atoms with Gasteiger partial charge in [0.25, 0.3) is 0 Å². The van der Waals surface area contributed by atoms with Gasteiger partial charge in [-0.2, -0.15) is 0 Å². The van der Waals surface area contributed by atoms with Gasteiger partial charge in [-0.05, 0) is 240 Å². The van der Waals surface area contributed by atoms with Gasteiger partial charge >= 0.3 is 0 Å². The molecule has 0 heterocycles. The maximum atomic E-state index is 2.78. The molecule has 8 aliphatic carbocycles. The quantitative estimate of drug-likeness (QED) is 0.0995. The van der Waals surface area contributed by atoms with Crippen LogP contribution < -0.4 is 9.80 Å². The van der Waals surface area contributed by atoms with Crippen molar-refractivity contribution in [1.82, 2.24) is 0 Å². The molecule has 8 bridgehead atoms. The summed E-state index contributed by atoms with van der Waals surface area (Å²) in [7, 11) is 0. The number of hydrogen-bond donors (Lipinski definition) is 0. The summed E-state index contributed by atoms with van der Waals surface area (Å²) in [6.45, 7) is 23.4. The lowest BCUT2D eigenvalue weighted by Crippen LogP contribution is -2.48. The Morgan fingerprint density at radius 1 is 0.351 bits per heavy atom. The molecular weight excluding hydrogens is 893 g/mol. The number of anilines is 6. The molecule has 382 valence electrons. The van der Waals surface area contributed by atoms with Crippen molar-refractivity contribution in [2.24, 2.45) is 35.5 Å². The number of nitrogens with zero attached hydrogens (tertiary/aromatic N) is 2. The fourth-order valence-electron chi connectivity index (χ4n) is 17.3. The highest BCUT2D eigenvalue weighted by atomic mass is 15.2. The predicted octanol–water partition coefficient (Wildman–Crippen LogP) is 20.7. The van der Waals surface area contributed by atoms with Crippen LogP contribution in [0.3, 0.4) is 0 Å². The Morgan fingerprint density at radius 2 is 0.622 bits per heavy atom. The van der Waals surface area contributed by atoms with Crippen LogP contribution in [0.5, 0.6) is 0 Å². The molecule has 0 saturated heterocycles. The van der Waals surface area contributed by atoms with Crippen molar-refractivity contribution < 1.29 is 0 Å². The van der Waals surface area contributed by atoms with Crippen molar-refractivity contribution in [1.29, 1.82) is 0 Å². The molecule has 0 radical (unpaired) electrons. The molecule has 8 aliphatic rings. The minimum absolute atomic E-state index is 0.0464. The second-order valence-corrected chi connectivity index (χ2v) is 28.4. The minimum atomic E-state index is 0.0464. The first-order chi connectivity index (χ1) is 35.4. The first-order valence-electron chi connectivity index (χ1n) is 29.5. The summed E-state index contributed by atoms with van der Waals surface area (Å²) in [5, 5.41) is 5.41. The average Bonchev–Trinajstić information content (AvgIpc) is 3.36. The summed E-state index contributed by atoms with van der Waals surface area (Å²) < 4.78 is 0. The third-order valence-electron chi connectivity index (χ3n) is 20.4. The molecule has 7 aromatic rings. The fraction of sp³-hybridized carbons (Fsp3) is 0.472. The van der Waals surface area contributed by atoms with Gasteiger partial charge in [-0.3, -0.25) is 0 Å². The fourth-order valence-corrected chi connectivity index (χ4v) is 17.3. The molecule has 8 saturated carbocycles. The van der Waals surface area contributed by atoms with Crippen LogP contribution in [0, 0.1) is 35.5 Å². The summed E-state index contributed by atoms with van der Waals surface area (Å²) in [6.07, 6.45) is 16.8. The van der Waals surface area contributed by atoms with Crippen LogP contribution in [-0.4, -0.2) is 0 Å². The molecule has 0 N–H and O–H groups in total. The van der Waals surface area contributed by atoms with E-state index in [-0.39, 0.29) is 21.7 Å². The van der Waals surface area contributed by atoms with Gasteiger partial charge in [-0.1, -0.05) is 142 Å². The van der Waals surface area contributed by atoms with Crippen LogP contribution in [-0.2, 0) is 21.7 Å². The SMILES string of the molecule is CC(C)c1ccc(N(c2ccc(C(C)(C)C)cc2)c2c3ccc(C45CC6CC(CC(C6)C4)C5)cc3c(N(c3ccc(C(C)C)cc3)c3ccc(C(C)(C)C)cc3)c3cc(C45CC6CC(CC(C6)C4)C5)ccc23)cc1. The van der Waals surface area contributed by atoms with Crippen LogP contribution in [0.2, 0.25) is 0 Å². The van der Waals surface area contributed by atoms with E-state index in [1.54, 1.807) is 11.1 Å². The number of rotatable bonds is 10. The molecule has 0 aliphatic heterocycles. The van der Waals surface area contributed by atoms with Crippen LogP contribution in [0.1, 0.15) is 192 Å². The van der Waals surface area contributed by atoms with Crippen molar-refractivity contribution in [2.45, 2.75) is 180 Å². The number of benzene rings is 7. The second-order valence-electron chi connectivity index (χ2n) is 28.4. The van der Waals surface area contributed by atoms with E-state index in [4.69, 9.17) is 0 Å². The highest BCUT2D eigenvalue weighted by Gasteiger charge is 2.53. The Labute approximate surface area is 445 Å². The number of hydrogen-bond acceptors (Lipinski definition) is 2. The first-order valence-corrected chi connectivity index (χ1v) is 29.5. The van der Waals surface area contributed by atoms with E-state index in [0.717, 1.165) is 35.5 Å². The van der Waals surface area contributed by atoms with E-state index >= 15 is 0 Å². The lowest BCUT2D eigenvalue weighted by Gasteiger charge is -2.57. The Kier molecular flexibility index (Phi) is 11.5. The topological polar surface area (TPSA) is 6.48 Å². The van der Waals surface area contributed by atoms with Crippen LogP contribution in [0.15, 0.2) is 133 Å². The first kappa shape index (κ1) is 48.3. The monoisotopic (exact) mass is 977 g/mol. The average molecular weight is 977 g/mol. The summed E-state index contributed by atoms with van der Waals surface area (Å²) >= 11 is 0. The van der Waals surface area contributed by atoms with Crippen molar-refractivity contribution >= 4 is 55.7 Å². The largest absolute Gasteiger partial charge is 0.309 e. The third kappa shape index (κ3) is 8.25. The van der Waals surface area contributed by atoms with E-state index in [9.17, 15) is 0 Å². The van der Waals surface area contributed by atoms with Gasteiger partial charge in [-0.15, -0.1) is 0 Å². The molecule has 7 aromatic carbocycles. The number of fused-ring (bicyclic) bond motifs is 2. The zero-order valence-electron chi connectivity index (χ0n) is 46.7. The Bertz CT molecular complexity index is 3050. The summed E-state index contributed by atoms with van der Waals surface area (Å²) in [5.74, 6) is 6.09. The van der Waals surface area contributed by atoms with Crippen molar-refractivity contribution in [3.8, 4) is 0 Å². The summed E-state index contributed by atoms with van der Waals surface area (Å²) in [5.41, 5.74) is 16.8. The van der Waals surface area contributed by atoms with Gasteiger partial charge in [0, 0.05) is 44.3 Å². The van der Waals surface area contributed by atoms with E-state index in [2.05, 4.69) is 212 Å². The predicted molar refractivity (Wildman–Crippen MR) is 316 cm³/mol. The van der Waals surface area contributed by atoms with E-state index in [1.165, 1.54) is 155 Å². The highest BCUT2D eigenvalue weighted by Crippen LogP contribution is 2.64. The molecule has 74 heavy (non-hydrogen) atoms. The Balaban J connectivity index is 1.15. The molecule has 0 spiro atoms. The lowest BCUT2D eigenvalue weighted by atomic mass is 9.48. The van der Waals surface area contributed by atoms with Gasteiger partial charge in [0.05, 0.1) is 11.4 Å². The molecule has 15 rings (SSSR count). The summed E-state index contributed by atoms with van der Waals surface area (Å²) in [4.78, 5) is 5.36. The molecule has 2 nitrogen and oxygen atoms in total. The van der Waals surface area contributed by atoms with E-state index in [0.29, 0.717) is 11.8 Å². The molecule has 2 heteroatoms. The molecule has 0 aromatic heterocycles. The van der Waals surface area contributed by atoms with Gasteiger partial charge in [-0.25, -0.2) is 0 Å².